The van der Waals surface area contributed by atoms with Crippen LogP contribution in [0.5, 0.6) is 0 Å². The summed E-state index contributed by atoms with van der Waals surface area (Å²) in [7, 11) is 0. The lowest BCUT2D eigenvalue weighted by Crippen LogP contribution is -2.27. The Balaban J connectivity index is 1.89. The molecule has 1 aromatic carbocycles. The van der Waals surface area contributed by atoms with Crippen LogP contribution in [0.3, 0.4) is 0 Å². The Kier molecular flexibility index (Phi) is 3.06. The van der Waals surface area contributed by atoms with E-state index in [9.17, 15) is 5.21 Å². The Morgan fingerprint density at radius 3 is 2.68 bits per heavy atom. The van der Waals surface area contributed by atoms with Gasteiger partial charge < -0.3 is 9.77 Å². The van der Waals surface area contributed by atoms with Crippen molar-refractivity contribution in [1.29, 1.82) is 0 Å². The third kappa shape index (κ3) is 1.83. The average Bonchev–Trinajstić information content (AvgIpc) is 3.20. The maximum Gasteiger partial charge on any atom is 0.106 e. The van der Waals surface area contributed by atoms with Crippen LogP contribution in [0.1, 0.15) is 36.8 Å². The number of fused-ring (bicyclic) bond motifs is 2. The van der Waals surface area contributed by atoms with Gasteiger partial charge in [-0.15, -0.1) is 0 Å². The van der Waals surface area contributed by atoms with Crippen molar-refractivity contribution < 1.29 is 5.21 Å². The van der Waals surface area contributed by atoms with Gasteiger partial charge in [0.25, 0.3) is 0 Å². The van der Waals surface area contributed by atoms with Crippen LogP contribution in [0.2, 0.25) is 0 Å². The Labute approximate surface area is 130 Å². The van der Waals surface area contributed by atoms with E-state index >= 15 is 0 Å². The van der Waals surface area contributed by atoms with Gasteiger partial charge in [-0.2, -0.15) is 0 Å². The van der Waals surface area contributed by atoms with E-state index in [0.717, 1.165) is 35.8 Å². The lowest BCUT2D eigenvalue weighted by atomic mass is 9.92. The quantitative estimate of drug-likeness (QED) is 0.673. The van der Waals surface area contributed by atoms with Crippen LogP contribution in [0, 0.1) is 25.7 Å². The molecule has 0 spiro atoms. The third-order valence-corrected chi connectivity index (χ3v) is 5.34. The molecule has 0 radical (unpaired) electrons. The second-order valence-corrected chi connectivity index (χ2v) is 6.57. The fourth-order valence-electron chi connectivity index (χ4n) is 4.51. The molecule has 114 valence electrons. The van der Waals surface area contributed by atoms with E-state index in [0.29, 0.717) is 11.8 Å². The molecule has 2 aromatic rings. The van der Waals surface area contributed by atoms with Crippen LogP contribution in [0.4, 0.5) is 0 Å². The SMILES string of the molecule is Cc1nc(C)n([C@H]2/C(=N\O)[C@H]3CC[C@@H]2C3)c1-c1ccccc1. The maximum atomic E-state index is 9.53. The molecular formula is C18H21N3O. The number of imidazole rings is 1. The number of aryl methyl sites for hydroxylation is 2. The Morgan fingerprint density at radius 1 is 1.18 bits per heavy atom. The summed E-state index contributed by atoms with van der Waals surface area (Å²) in [5.41, 5.74) is 4.34. The van der Waals surface area contributed by atoms with Gasteiger partial charge in [0.2, 0.25) is 0 Å². The lowest BCUT2D eigenvalue weighted by molar-refractivity contribution is 0.307. The van der Waals surface area contributed by atoms with Gasteiger partial charge in [0.05, 0.1) is 23.1 Å². The van der Waals surface area contributed by atoms with Gasteiger partial charge in [0.1, 0.15) is 5.82 Å². The van der Waals surface area contributed by atoms with Crippen molar-refractivity contribution in [2.75, 3.05) is 0 Å². The van der Waals surface area contributed by atoms with Gasteiger partial charge in [-0.3, -0.25) is 0 Å². The monoisotopic (exact) mass is 295 g/mol. The summed E-state index contributed by atoms with van der Waals surface area (Å²) in [6, 6.07) is 10.6. The number of hydrogen-bond donors (Lipinski definition) is 1. The summed E-state index contributed by atoms with van der Waals surface area (Å²) in [6.07, 6.45) is 3.53. The molecule has 0 aliphatic heterocycles. The third-order valence-electron chi connectivity index (χ3n) is 5.34. The van der Waals surface area contributed by atoms with Crippen molar-refractivity contribution >= 4 is 5.71 Å². The van der Waals surface area contributed by atoms with Crippen LogP contribution in [0.15, 0.2) is 35.5 Å². The van der Waals surface area contributed by atoms with E-state index in [2.05, 4.69) is 47.8 Å². The molecule has 1 heterocycles. The molecule has 22 heavy (non-hydrogen) atoms. The second kappa shape index (κ2) is 4.97. The molecular weight excluding hydrogens is 274 g/mol. The number of nitrogens with zero attached hydrogens (tertiary/aromatic N) is 3. The molecule has 3 atom stereocenters. The molecule has 0 saturated heterocycles. The number of oxime groups is 1. The van der Waals surface area contributed by atoms with Gasteiger partial charge in [0.15, 0.2) is 0 Å². The van der Waals surface area contributed by atoms with Gasteiger partial charge in [0, 0.05) is 11.5 Å². The molecule has 4 nitrogen and oxygen atoms in total. The van der Waals surface area contributed by atoms with Crippen molar-refractivity contribution in [2.45, 2.75) is 39.2 Å². The smallest absolute Gasteiger partial charge is 0.106 e. The molecule has 2 fully saturated rings. The largest absolute Gasteiger partial charge is 0.411 e. The molecule has 4 heteroatoms. The summed E-state index contributed by atoms with van der Waals surface area (Å²) in [5.74, 6) is 2.03. The molecule has 0 unspecified atom stereocenters. The molecule has 2 aliphatic carbocycles. The minimum Gasteiger partial charge on any atom is -0.411 e. The van der Waals surface area contributed by atoms with Crippen molar-refractivity contribution in [3.05, 3.63) is 41.9 Å². The van der Waals surface area contributed by atoms with E-state index < -0.39 is 0 Å². The lowest BCUT2D eigenvalue weighted by Gasteiger charge is -2.27. The van der Waals surface area contributed by atoms with Gasteiger partial charge in [-0.25, -0.2) is 4.98 Å². The molecule has 2 bridgehead atoms. The van der Waals surface area contributed by atoms with Gasteiger partial charge in [-0.05, 0) is 39.0 Å². The molecule has 4 rings (SSSR count). The van der Waals surface area contributed by atoms with Gasteiger partial charge >= 0.3 is 0 Å². The van der Waals surface area contributed by atoms with E-state index in [-0.39, 0.29) is 6.04 Å². The zero-order valence-electron chi connectivity index (χ0n) is 13.0. The summed E-state index contributed by atoms with van der Waals surface area (Å²) >= 11 is 0. The zero-order valence-corrected chi connectivity index (χ0v) is 13.0. The van der Waals surface area contributed by atoms with Crippen molar-refractivity contribution in [2.24, 2.45) is 17.0 Å². The molecule has 0 amide bonds. The highest BCUT2D eigenvalue weighted by atomic mass is 16.4. The number of aromatic nitrogens is 2. The normalized spacial score (nSPS) is 28.6. The molecule has 1 aromatic heterocycles. The average molecular weight is 295 g/mol. The topological polar surface area (TPSA) is 50.4 Å². The number of hydrogen-bond acceptors (Lipinski definition) is 3. The Morgan fingerprint density at radius 2 is 1.95 bits per heavy atom. The second-order valence-electron chi connectivity index (χ2n) is 6.57. The fourth-order valence-corrected chi connectivity index (χ4v) is 4.51. The van der Waals surface area contributed by atoms with Crippen LogP contribution < -0.4 is 0 Å². The van der Waals surface area contributed by atoms with Crippen LogP contribution in [-0.4, -0.2) is 20.5 Å². The zero-order chi connectivity index (χ0) is 15.3. The first kappa shape index (κ1) is 13.6. The summed E-state index contributed by atoms with van der Waals surface area (Å²) in [6.45, 7) is 4.12. The van der Waals surface area contributed by atoms with E-state index in [1.807, 2.05) is 6.07 Å². The van der Waals surface area contributed by atoms with E-state index in [4.69, 9.17) is 4.98 Å². The first-order valence-corrected chi connectivity index (χ1v) is 8.03. The number of rotatable bonds is 2. The molecule has 1 N–H and O–H groups in total. The summed E-state index contributed by atoms with van der Waals surface area (Å²) in [4.78, 5) is 4.71. The van der Waals surface area contributed by atoms with Crippen molar-refractivity contribution in [1.82, 2.24) is 9.55 Å². The summed E-state index contributed by atoms with van der Waals surface area (Å²) in [5, 5.41) is 13.2. The van der Waals surface area contributed by atoms with Crippen molar-refractivity contribution in [3.63, 3.8) is 0 Å². The minimum atomic E-state index is 0.167. The van der Waals surface area contributed by atoms with Crippen molar-refractivity contribution in [3.8, 4) is 11.3 Å². The fraction of sp³-hybridized carbons (Fsp3) is 0.444. The molecule has 2 aliphatic rings. The molecule has 2 saturated carbocycles. The summed E-state index contributed by atoms with van der Waals surface area (Å²) < 4.78 is 2.31. The van der Waals surface area contributed by atoms with E-state index in [1.54, 1.807) is 0 Å². The predicted molar refractivity (Wildman–Crippen MR) is 86.2 cm³/mol. The van der Waals surface area contributed by atoms with Crippen LogP contribution in [-0.2, 0) is 0 Å². The first-order chi connectivity index (χ1) is 10.7. The maximum absolute atomic E-state index is 9.53. The highest BCUT2D eigenvalue weighted by molar-refractivity contribution is 5.93. The van der Waals surface area contributed by atoms with E-state index in [1.165, 1.54) is 12.0 Å². The highest BCUT2D eigenvalue weighted by Gasteiger charge is 2.47. The van der Waals surface area contributed by atoms with Crippen LogP contribution >= 0.6 is 0 Å². The predicted octanol–water partition coefficient (Wildman–Crippen LogP) is 3.97. The minimum absolute atomic E-state index is 0.167. The Bertz CT molecular complexity index is 732. The highest BCUT2D eigenvalue weighted by Crippen LogP contribution is 2.50. The first-order valence-electron chi connectivity index (χ1n) is 8.03. The standard InChI is InChI=1S/C18H21N3O/c1-11-17(13-6-4-3-5-7-13)21(12(2)19-11)18-15-9-8-14(10-15)16(18)20-22/h3-7,14-15,18,22H,8-10H2,1-2H3/b20-16-/t14-,15+,18+/m0/s1. The van der Waals surface area contributed by atoms with Crippen LogP contribution in [0.25, 0.3) is 11.3 Å². The van der Waals surface area contributed by atoms with Gasteiger partial charge in [-0.1, -0.05) is 35.5 Å². The Hall–Kier alpha value is -2.10. The number of benzene rings is 1.